The van der Waals surface area contributed by atoms with Crippen molar-refractivity contribution >= 4 is 11.4 Å². The van der Waals surface area contributed by atoms with Crippen LogP contribution in [0.2, 0.25) is 0 Å². The van der Waals surface area contributed by atoms with Crippen molar-refractivity contribution in [2.24, 2.45) is 0 Å². The third-order valence-corrected chi connectivity index (χ3v) is 3.81. The molecule has 0 bridgehead atoms. The summed E-state index contributed by atoms with van der Waals surface area (Å²) in [5.74, 6) is -0.204. The minimum atomic E-state index is -0.204. The highest BCUT2D eigenvalue weighted by Crippen LogP contribution is 2.32. The Bertz CT molecular complexity index is 562. The van der Waals surface area contributed by atoms with Crippen LogP contribution >= 0.6 is 0 Å². The summed E-state index contributed by atoms with van der Waals surface area (Å²) in [6, 6.07) is 15.4. The maximum Gasteiger partial charge on any atom is 0.123 e. The van der Waals surface area contributed by atoms with Gasteiger partial charge in [0.05, 0.1) is 0 Å². The molecule has 0 spiro atoms. The van der Waals surface area contributed by atoms with Gasteiger partial charge in [-0.25, -0.2) is 4.39 Å². The molecule has 112 valence electrons. The summed E-state index contributed by atoms with van der Waals surface area (Å²) >= 11 is 0. The first-order valence-corrected chi connectivity index (χ1v) is 7.50. The van der Waals surface area contributed by atoms with Gasteiger partial charge in [-0.1, -0.05) is 25.1 Å². The summed E-state index contributed by atoms with van der Waals surface area (Å²) in [5, 5.41) is 3.36. The highest BCUT2D eigenvalue weighted by molar-refractivity contribution is 5.67. The largest absolute Gasteiger partial charge is 0.341 e. The van der Waals surface area contributed by atoms with Gasteiger partial charge in [-0.15, -0.1) is 0 Å². The van der Waals surface area contributed by atoms with Crippen molar-refractivity contribution in [3.05, 3.63) is 59.9 Å². The molecule has 2 aromatic carbocycles. The summed E-state index contributed by atoms with van der Waals surface area (Å²) in [6.45, 7) is 5.12. The van der Waals surface area contributed by atoms with Gasteiger partial charge >= 0.3 is 0 Å². The molecule has 1 atom stereocenters. The van der Waals surface area contributed by atoms with Crippen molar-refractivity contribution in [2.75, 3.05) is 18.5 Å². The number of hydrogen-bond donors (Lipinski definition) is 1. The van der Waals surface area contributed by atoms with E-state index in [0.717, 1.165) is 18.7 Å². The van der Waals surface area contributed by atoms with E-state index in [4.69, 9.17) is 0 Å². The van der Waals surface area contributed by atoms with E-state index in [9.17, 15) is 4.39 Å². The Morgan fingerprint density at radius 2 is 1.71 bits per heavy atom. The maximum absolute atomic E-state index is 13.1. The standard InChI is InChI=1S/C18H23FN2/c1-4-17(20-3)16-8-6-7-9-18(16)21(5-2)15-12-10-14(19)11-13-15/h6-13,17,20H,4-5H2,1-3H3. The van der Waals surface area contributed by atoms with Gasteiger partial charge in [-0.05, 0) is 56.3 Å². The number of anilines is 2. The Labute approximate surface area is 126 Å². The smallest absolute Gasteiger partial charge is 0.123 e. The normalized spacial score (nSPS) is 12.2. The summed E-state index contributed by atoms with van der Waals surface area (Å²) in [4.78, 5) is 2.22. The molecular weight excluding hydrogens is 263 g/mol. The molecule has 2 aromatic rings. The Balaban J connectivity index is 2.45. The van der Waals surface area contributed by atoms with E-state index in [1.807, 2.05) is 25.2 Å². The van der Waals surface area contributed by atoms with Crippen molar-refractivity contribution < 1.29 is 4.39 Å². The minimum Gasteiger partial charge on any atom is -0.341 e. The highest BCUT2D eigenvalue weighted by Gasteiger charge is 2.16. The van der Waals surface area contributed by atoms with Crippen molar-refractivity contribution in [3.63, 3.8) is 0 Å². The fourth-order valence-corrected chi connectivity index (χ4v) is 2.72. The molecule has 21 heavy (non-hydrogen) atoms. The topological polar surface area (TPSA) is 15.3 Å². The van der Waals surface area contributed by atoms with Crippen LogP contribution in [0.4, 0.5) is 15.8 Å². The van der Waals surface area contributed by atoms with Crippen LogP contribution in [0, 0.1) is 5.82 Å². The molecule has 1 unspecified atom stereocenters. The first kappa shape index (κ1) is 15.5. The van der Waals surface area contributed by atoms with Crippen LogP contribution in [-0.2, 0) is 0 Å². The molecule has 0 aromatic heterocycles. The lowest BCUT2D eigenvalue weighted by atomic mass is 10.0. The summed E-state index contributed by atoms with van der Waals surface area (Å²) < 4.78 is 13.1. The molecule has 0 fully saturated rings. The van der Waals surface area contributed by atoms with Gasteiger partial charge in [0.1, 0.15) is 5.82 Å². The zero-order valence-electron chi connectivity index (χ0n) is 12.9. The Morgan fingerprint density at radius 1 is 1.05 bits per heavy atom. The summed E-state index contributed by atoms with van der Waals surface area (Å²) in [6.07, 6.45) is 1.02. The van der Waals surface area contributed by atoms with Crippen molar-refractivity contribution in [3.8, 4) is 0 Å². The Morgan fingerprint density at radius 3 is 2.29 bits per heavy atom. The molecule has 0 saturated carbocycles. The second kappa shape index (κ2) is 7.23. The second-order valence-corrected chi connectivity index (χ2v) is 5.03. The van der Waals surface area contributed by atoms with E-state index < -0.39 is 0 Å². The van der Waals surface area contributed by atoms with Crippen molar-refractivity contribution in [1.29, 1.82) is 0 Å². The van der Waals surface area contributed by atoms with E-state index >= 15 is 0 Å². The lowest BCUT2D eigenvalue weighted by Crippen LogP contribution is -2.22. The molecule has 0 aliphatic heterocycles. The van der Waals surface area contributed by atoms with Gasteiger partial charge in [0.2, 0.25) is 0 Å². The number of benzene rings is 2. The summed E-state index contributed by atoms with van der Waals surface area (Å²) in [7, 11) is 1.99. The fraction of sp³-hybridized carbons (Fsp3) is 0.333. The molecule has 0 aliphatic carbocycles. The lowest BCUT2D eigenvalue weighted by molar-refractivity contribution is 0.576. The van der Waals surface area contributed by atoms with Crippen LogP contribution in [0.1, 0.15) is 31.9 Å². The zero-order chi connectivity index (χ0) is 15.2. The Kier molecular flexibility index (Phi) is 5.34. The predicted molar refractivity (Wildman–Crippen MR) is 87.6 cm³/mol. The number of nitrogens with zero attached hydrogens (tertiary/aromatic N) is 1. The monoisotopic (exact) mass is 286 g/mol. The first-order chi connectivity index (χ1) is 10.2. The molecule has 2 rings (SSSR count). The van der Waals surface area contributed by atoms with Gasteiger partial charge in [-0.2, -0.15) is 0 Å². The first-order valence-electron chi connectivity index (χ1n) is 7.50. The van der Waals surface area contributed by atoms with Crippen LogP contribution < -0.4 is 10.2 Å². The van der Waals surface area contributed by atoms with E-state index in [1.165, 1.54) is 23.4 Å². The van der Waals surface area contributed by atoms with E-state index in [-0.39, 0.29) is 5.82 Å². The quantitative estimate of drug-likeness (QED) is 0.831. The molecule has 0 saturated heterocycles. The predicted octanol–water partition coefficient (Wildman–Crippen LogP) is 4.65. The van der Waals surface area contributed by atoms with E-state index in [0.29, 0.717) is 6.04 Å². The van der Waals surface area contributed by atoms with Crippen LogP contribution in [0.15, 0.2) is 48.5 Å². The molecule has 0 radical (unpaired) electrons. The molecule has 0 amide bonds. The Hall–Kier alpha value is -1.87. The van der Waals surface area contributed by atoms with Gasteiger partial charge in [0, 0.05) is 24.0 Å². The third-order valence-electron chi connectivity index (χ3n) is 3.81. The van der Waals surface area contributed by atoms with Gasteiger partial charge in [-0.3, -0.25) is 0 Å². The van der Waals surface area contributed by atoms with Crippen molar-refractivity contribution in [2.45, 2.75) is 26.3 Å². The second-order valence-electron chi connectivity index (χ2n) is 5.03. The lowest BCUT2D eigenvalue weighted by Gasteiger charge is -2.28. The molecule has 2 nitrogen and oxygen atoms in total. The number of rotatable bonds is 6. The van der Waals surface area contributed by atoms with Gasteiger partial charge in [0.25, 0.3) is 0 Å². The third kappa shape index (κ3) is 3.42. The number of halogens is 1. The van der Waals surface area contributed by atoms with Gasteiger partial charge < -0.3 is 10.2 Å². The number of nitrogens with one attached hydrogen (secondary N) is 1. The van der Waals surface area contributed by atoms with E-state index in [1.54, 1.807) is 0 Å². The molecular formula is C18H23FN2. The summed E-state index contributed by atoms with van der Waals surface area (Å²) in [5.41, 5.74) is 3.46. The highest BCUT2D eigenvalue weighted by atomic mass is 19.1. The zero-order valence-corrected chi connectivity index (χ0v) is 12.9. The molecule has 3 heteroatoms. The van der Waals surface area contributed by atoms with Crippen LogP contribution in [-0.4, -0.2) is 13.6 Å². The van der Waals surface area contributed by atoms with Crippen LogP contribution in [0.25, 0.3) is 0 Å². The molecule has 1 N–H and O–H groups in total. The van der Waals surface area contributed by atoms with Crippen LogP contribution in [0.5, 0.6) is 0 Å². The molecule has 0 aliphatic rings. The van der Waals surface area contributed by atoms with Gasteiger partial charge in [0.15, 0.2) is 0 Å². The maximum atomic E-state index is 13.1. The molecule has 0 heterocycles. The average molecular weight is 286 g/mol. The van der Waals surface area contributed by atoms with Crippen LogP contribution in [0.3, 0.4) is 0 Å². The number of hydrogen-bond acceptors (Lipinski definition) is 2. The average Bonchev–Trinajstić information content (AvgIpc) is 2.52. The minimum absolute atomic E-state index is 0.204. The SMILES string of the molecule is CCC(NC)c1ccccc1N(CC)c1ccc(F)cc1. The fourth-order valence-electron chi connectivity index (χ4n) is 2.72. The van der Waals surface area contributed by atoms with E-state index in [2.05, 4.69) is 42.3 Å². The van der Waals surface area contributed by atoms with Crippen molar-refractivity contribution in [1.82, 2.24) is 5.32 Å². The number of para-hydroxylation sites is 1.